The number of benzene rings is 4. The largest absolute Gasteiger partial charge is 0.321 e. The highest BCUT2D eigenvalue weighted by Crippen LogP contribution is 2.24. The number of carbonyl (C=O) groups is 1. The van der Waals surface area contributed by atoms with Gasteiger partial charge in [0.2, 0.25) is 10.0 Å². The van der Waals surface area contributed by atoms with E-state index in [-0.39, 0.29) is 17.3 Å². The molecule has 0 fully saturated rings. The summed E-state index contributed by atoms with van der Waals surface area (Å²) in [7, 11) is -3.58. The minimum atomic E-state index is -3.58. The fourth-order valence-corrected chi connectivity index (χ4v) is 5.06. The first-order chi connectivity index (χ1) is 15.5. The second kappa shape index (κ2) is 9.34. The lowest BCUT2D eigenvalue weighted by molar-refractivity contribution is 0.102. The highest BCUT2D eigenvalue weighted by Gasteiger charge is 2.23. The Hall–Kier alpha value is -3.48. The number of fused-ring (bicyclic) bond motifs is 1. The Kier molecular flexibility index (Phi) is 6.35. The van der Waals surface area contributed by atoms with E-state index in [4.69, 9.17) is 0 Å². The van der Waals surface area contributed by atoms with Crippen LogP contribution in [-0.4, -0.2) is 25.2 Å². The van der Waals surface area contributed by atoms with Crippen molar-refractivity contribution in [3.8, 4) is 0 Å². The van der Waals surface area contributed by atoms with Gasteiger partial charge in [0.1, 0.15) is 0 Å². The van der Waals surface area contributed by atoms with Gasteiger partial charge in [-0.1, -0.05) is 73.7 Å². The zero-order chi connectivity index (χ0) is 22.6. The van der Waals surface area contributed by atoms with Crippen LogP contribution < -0.4 is 5.32 Å². The maximum atomic E-state index is 12.9. The van der Waals surface area contributed by atoms with E-state index >= 15 is 0 Å². The van der Waals surface area contributed by atoms with Crippen molar-refractivity contribution >= 4 is 32.4 Å². The molecule has 1 amide bonds. The molecule has 0 aromatic heterocycles. The van der Waals surface area contributed by atoms with E-state index in [2.05, 4.69) is 5.32 Å². The van der Waals surface area contributed by atoms with Gasteiger partial charge < -0.3 is 5.32 Å². The number of nitrogens with one attached hydrogen (secondary N) is 1. The number of sulfonamides is 1. The smallest absolute Gasteiger partial charge is 0.255 e. The third-order valence-corrected chi connectivity index (χ3v) is 7.28. The maximum absolute atomic E-state index is 12.9. The Morgan fingerprint density at radius 1 is 0.812 bits per heavy atom. The summed E-state index contributed by atoms with van der Waals surface area (Å²) in [4.78, 5) is 13.0. The fourth-order valence-electron chi connectivity index (χ4n) is 3.60. The molecule has 162 valence electrons. The van der Waals surface area contributed by atoms with Gasteiger partial charge in [-0.2, -0.15) is 4.31 Å². The van der Waals surface area contributed by atoms with Crippen LogP contribution in [-0.2, 0) is 16.6 Å². The molecule has 0 unspecified atom stereocenters. The maximum Gasteiger partial charge on any atom is 0.255 e. The van der Waals surface area contributed by atoms with Gasteiger partial charge in [-0.05, 0) is 41.3 Å². The fraction of sp³-hybridized carbons (Fsp3) is 0.115. The normalized spacial score (nSPS) is 11.6. The van der Waals surface area contributed by atoms with E-state index in [9.17, 15) is 13.2 Å². The Bertz CT molecular complexity index is 1330. The van der Waals surface area contributed by atoms with Crippen molar-refractivity contribution in [2.45, 2.75) is 18.4 Å². The highest BCUT2D eigenvalue weighted by atomic mass is 32.2. The number of amides is 1. The number of carbonyl (C=O) groups excluding carboxylic acids is 1. The van der Waals surface area contributed by atoms with Gasteiger partial charge in [0, 0.05) is 29.7 Å². The summed E-state index contributed by atoms with van der Waals surface area (Å²) in [5.74, 6) is -0.211. The zero-order valence-electron chi connectivity index (χ0n) is 17.7. The Labute approximate surface area is 188 Å². The quantitative estimate of drug-likeness (QED) is 0.420. The predicted octanol–water partition coefficient (Wildman–Crippen LogP) is 5.30. The first kappa shape index (κ1) is 21.7. The second-order valence-electron chi connectivity index (χ2n) is 7.42. The van der Waals surface area contributed by atoms with Gasteiger partial charge >= 0.3 is 0 Å². The average Bonchev–Trinajstić information content (AvgIpc) is 2.83. The number of hydrogen-bond acceptors (Lipinski definition) is 3. The SMILES string of the molecule is CCN(Cc1ccc(C(=O)Nc2cccc3ccccc23)cc1)S(=O)(=O)c1ccccc1. The molecule has 0 spiro atoms. The lowest BCUT2D eigenvalue weighted by Crippen LogP contribution is -2.30. The average molecular weight is 445 g/mol. The van der Waals surface area contributed by atoms with Crippen molar-refractivity contribution in [1.82, 2.24) is 4.31 Å². The van der Waals surface area contributed by atoms with Crippen molar-refractivity contribution < 1.29 is 13.2 Å². The molecule has 0 atom stereocenters. The minimum absolute atomic E-state index is 0.211. The van der Waals surface area contributed by atoms with Crippen LogP contribution in [0.15, 0.2) is 102 Å². The van der Waals surface area contributed by atoms with E-state index in [1.165, 1.54) is 4.31 Å². The van der Waals surface area contributed by atoms with Crippen LogP contribution in [0.4, 0.5) is 5.69 Å². The molecule has 1 N–H and O–H groups in total. The third kappa shape index (κ3) is 4.56. The molecule has 0 aliphatic heterocycles. The molecule has 0 saturated carbocycles. The van der Waals surface area contributed by atoms with Crippen LogP contribution in [0.25, 0.3) is 10.8 Å². The van der Waals surface area contributed by atoms with Gasteiger partial charge in [0.05, 0.1) is 4.90 Å². The molecule has 6 heteroatoms. The molecule has 0 bridgehead atoms. The summed E-state index contributed by atoms with van der Waals surface area (Å²) < 4.78 is 27.3. The molecule has 4 aromatic carbocycles. The number of rotatable bonds is 7. The van der Waals surface area contributed by atoms with Crippen LogP contribution in [0.5, 0.6) is 0 Å². The van der Waals surface area contributed by atoms with E-state index in [0.717, 1.165) is 22.0 Å². The summed E-state index contributed by atoms with van der Waals surface area (Å²) >= 11 is 0. The van der Waals surface area contributed by atoms with Crippen molar-refractivity contribution in [3.63, 3.8) is 0 Å². The molecule has 0 saturated heterocycles. The minimum Gasteiger partial charge on any atom is -0.321 e. The van der Waals surface area contributed by atoms with Crippen LogP contribution >= 0.6 is 0 Å². The van der Waals surface area contributed by atoms with Crippen molar-refractivity contribution in [2.75, 3.05) is 11.9 Å². The first-order valence-electron chi connectivity index (χ1n) is 10.4. The van der Waals surface area contributed by atoms with Crippen LogP contribution in [0.2, 0.25) is 0 Å². The van der Waals surface area contributed by atoms with E-state index < -0.39 is 10.0 Å². The van der Waals surface area contributed by atoms with Gasteiger partial charge in [-0.25, -0.2) is 8.42 Å². The molecule has 0 radical (unpaired) electrons. The molecule has 0 aliphatic carbocycles. The highest BCUT2D eigenvalue weighted by molar-refractivity contribution is 7.89. The zero-order valence-corrected chi connectivity index (χ0v) is 18.5. The molecule has 4 rings (SSSR count). The number of hydrogen-bond donors (Lipinski definition) is 1. The van der Waals surface area contributed by atoms with Gasteiger partial charge in [0.15, 0.2) is 0 Å². The lowest BCUT2D eigenvalue weighted by atomic mass is 10.1. The summed E-state index contributed by atoms with van der Waals surface area (Å²) in [5.41, 5.74) is 2.08. The summed E-state index contributed by atoms with van der Waals surface area (Å²) in [6.07, 6.45) is 0. The Morgan fingerprint density at radius 2 is 1.47 bits per heavy atom. The Morgan fingerprint density at radius 3 is 2.19 bits per heavy atom. The Balaban J connectivity index is 1.49. The molecule has 5 nitrogen and oxygen atoms in total. The molecule has 32 heavy (non-hydrogen) atoms. The van der Waals surface area contributed by atoms with Crippen LogP contribution in [0.3, 0.4) is 0 Å². The molecular weight excluding hydrogens is 420 g/mol. The van der Waals surface area contributed by atoms with Gasteiger partial charge in [0.25, 0.3) is 5.91 Å². The van der Waals surface area contributed by atoms with E-state index in [0.29, 0.717) is 12.1 Å². The van der Waals surface area contributed by atoms with Crippen molar-refractivity contribution in [3.05, 3.63) is 108 Å². The van der Waals surface area contributed by atoms with Crippen LogP contribution in [0.1, 0.15) is 22.8 Å². The molecule has 0 heterocycles. The van der Waals surface area contributed by atoms with Crippen molar-refractivity contribution in [1.29, 1.82) is 0 Å². The third-order valence-electron chi connectivity index (χ3n) is 5.35. The summed E-state index contributed by atoms with van der Waals surface area (Å²) in [5, 5.41) is 5.01. The second-order valence-corrected chi connectivity index (χ2v) is 9.36. The number of nitrogens with zero attached hydrogens (tertiary/aromatic N) is 1. The molecule has 4 aromatic rings. The molecule has 0 aliphatic rings. The van der Waals surface area contributed by atoms with Gasteiger partial charge in [-0.3, -0.25) is 4.79 Å². The summed E-state index contributed by atoms with van der Waals surface area (Å²) in [6, 6.07) is 29.1. The summed E-state index contributed by atoms with van der Waals surface area (Å²) in [6.45, 7) is 2.39. The topological polar surface area (TPSA) is 66.5 Å². The predicted molar refractivity (Wildman–Crippen MR) is 128 cm³/mol. The number of anilines is 1. The van der Waals surface area contributed by atoms with E-state index in [1.807, 2.05) is 49.4 Å². The van der Waals surface area contributed by atoms with E-state index in [1.54, 1.807) is 54.6 Å². The lowest BCUT2D eigenvalue weighted by Gasteiger charge is -2.20. The van der Waals surface area contributed by atoms with Crippen LogP contribution in [0, 0.1) is 0 Å². The standard InChI is InChI=1S/C26H24N2O3S/c1-2-28(32(30,31)23-11-4-3-5-12-23)19-20-15-17-22(18-16-20)26(29)27-25-14-8-10-21-9-6-7-13-24(21)25/h3-18H,2,19H2,1H3,(H,27,29). The van der Waals surface area contributed by atoms with Gasteiger partial charge in [-0.15, -0.1) is 0 Å². The first-order valence-corrected chi connectivity index (χ1v) is 11.9. The van der Waals surface area contributed by atoms with Crippen molar-refractivity contribution in [2.24, 2.45) is 0 Å². The monoisotopic (exact) mass is 444 g/mol. The molecular formula is C26H24N2O3S.